The lowest BCUT2D eigenvalue weighted by molar-refractivity contribution is -0.143. The molecule has 2 aromatic rings. The van der Waals surface area contributed by atoms with Gasteiger partial charge >= 0.3 is 5.97 Å². The van der Waals surface area contributed by atoms with Crippen molar-refractivity contribution in [1.29, 1.82) is 0 Å². The van der Waals surface area contributed by atoms with Crippen molar-refractivity contribution in [3.8, 4) is 5.75 Å². The Morgan fingerprint density at radius 3 is 2.85 bits per heavy atom. The number of esters is 1. The first kappa shape index (κ1) is 14.4. The highest BCUT2D eigenvalue weighted by Gasteiger charge is 2.08. The minimum Gasteiger partial charge on any atom is -0.493 e. The second-order valence-electron chi connectivity index (χ2n) is 4.60. The number of carbonyl (C=O) groups is 1. The van der Waals surface area contributed by atoms with Gasteiger partial charge in [0.1, 0.15) is 5.75 Å². The van der Waals surface area contributed by atoms with Gasteiger partial charge in [0.15, 0.2) is 0 Å². The topological polar surface area (TPSA) is 40.5 Å². The summed E-state index contributed by atoms with van der Waals surface area (Å²) < 4.78 is 12.8. The molecule has 0 saturated carbocycles. The quantitative estimate of drug-likeness (QED) is 0.727. The van der Waals surface area contributed by atoms with Crippen LogP contribution >= 0.6 is 0 Å². The van der Waals surface area contributed by atoms with E-state index in [2.05, 4.69) is 11.5 Å². The van der Waals surface area contributed by atoms with Gasteiger partial charge < -0.3 is 14.0 Å². The Morgan fingerprint density at radius 2 is 2.10 bits per heavy atom. The van der Waals surface area contributed by atoms with Crippen LogP contribution in [0.25, 0.3) is 10.9 Å². The third-order valence-corrected chi connectivity index (χ3v) is 3.10. The van der Waals surface area contributed by atoms with E-state index < -0.39 is 0 Å². The van der Waals surface area contributed by atoms with E-state index in [0.29, 0.717) is 26.2 Å². The lowest BCUT2D eigenvalue weighted by atomic mass is 10.2. The molecule has 1 aromatic heterocycles. The van der Waals surface area contributed by atoms with Crippen LogP contribution in [0.2, 0.25) is 0 Å². The molecule has 0 amide bonds. The number of fused-ring (bicyclic) bond motifs is 1. The fourth-order valence-electron chi connectivity index (χ4n) is 2.17. The number of benzene rings is 1. The van der Waals surface area contributed by atoms with Crippen molar-refractivity contribution >= 4 is 16.9 Å². The van der Waals surface area contributed by atoms with Crippen molar-refractivity contribution in [3.63, 3.8) is 0 Å². The third-order valence-electron chi connectivity index (χ3n) is 3.10. The Kier molecular flexibility index (Phi) is 5.04. The lowest BCUT2D eigenvalue weighted by Gasteiger charge is -2.08. The summed E-state index contributed by atoms with van der Waals surface area (Å²) in [7, 11) is 0. The zero-order valence-electron chi connectivity index (χ0n) is 12.1. The lowest BCUT2D eigenvalue weighted by Crippen LogP contribution is -2.08. The van der Waals surface area contributed by atoms with E-state index in [0.717, 1.165) is 23.1 Å². The zero-order valence-corrected chi connectivity index (χ0v) is 12.1. The highest BCUT2D eigenvalue weighted by Crippen LogP contribution is 2.26. The van der Waals surface area contributed by atoms with Crippen molar-refractivity contribution in [2.24, 2.45) is 0 Å². The average molecular weight is 275 g/mol. The SMILES string of the molecule is CCCOc1cccc2c1ccn2CCC(=O)OCC. The molecular weight excluding hydrogens is 254 g/mol. The second-order valence-corrected chi connectivity index (χ2v) is 4.60. The summed E-state index contributed by atoms with van der Waals surface area (Å²) in [5, 5.41) is 1.09. The molecular formula is C16H21NO3. The number of ether oxygens (including phenoxy) is 2. The Bertz CT molecular complexity index is 574. The van der Waals surface area contributed by atoms with Gasteiger partial charge in [0.25, 0.3) is 0 Å². The summed E-state index contributed by atoms with van der Waals surface area (Å²) >= 11 is 0. The molecule has 0 aliphatic heterocycles. The molecule has 0 N–H and O–H groups in total. The minimum atomic E-state index is -0.160. The number of rotatable bonds is 7. The van der Waals surface area contributed by atoms with Gasteiger partial charge in [-0.15, -0.1) is 0 Å². The Labute approximate surface area is 119 Å². The van der Waals surface area contributed by atoms with Crippen LogP contribution in [-0.4, -0.2) is 23.8 Å². The molecule has 0 atom stereocenters. The number of aryl methyl sites for hydroxylation is 1. The predicted molar refractivity (Wildman–Crippen MR) is 79.0 cm³/mol. The number of nitrogens with zero attached hydrogens (tertiary/aromatic N) is 1. The van der Waals surface area contributed by atoms with E-state index in [1.54, 1.807) is 0 Å². The van der Waals surface area contributed by atoms with Crippen LogP contribution in [0.5, 0.6) is 5.75 Å². The molecule has 20 heavy (non-hydrogen) atoms. The van der Waals surface area contributed by atoms with Gasteiger partial charge in [-0.3, -0.25) is 4.79 Å². The standard InChI is InChI=1S/C16H21NO3/c1-3-12-20-15-7-5-6-14-13(15)8-10-17(14)11-9-16(18)19-4-2/h5-8,10H,3-4,9,11-12H2,1-2H3. The van der Waals surface area contributed by atoms with E-state index >= 15 is 0 Å². The molecule has 1 heterocycles. The maximum absolute atomic E-state index is 11.4. The highest BCUT2D eigenvalue weighted by molar-refractivity contribution is 5.86. The molecule has 2 rings (SSSR count). The predicted octanol–water partition coefficient (Wildman–Crippen LogP) is 3.38. The van der Waals surface area contributed by atoms with Crippen molar-refractivity contribution in [1.82, 2.24) is 4.57 Å². The van der Waals surface area contributed by atoms with Crippen LogP contribution < -0.4 is 4.74 Å². The van der Waals surface area contributed by atoms with E-state index in [-0.39, 0.29) is 5.97 Å². The molecule has 4 nitrogen and oxygen atoms in total. The number of hydrogen-bond acceptors (Lipinski definition) is 3. The summed E-state index contributed by atoms with van der Waals surface area (Å²) in [5.41, 5.74) is 1.09. The van der Waals surface area contributed by atoms with Gasteiger partial charge in [-0.1, -0.05) is 13.0 Å². The maximum atomic E-state index is 11.4. The fourth-order valence-corrected chi connectivity index (χ4v) is 2.17. The van der Waals surface area contributed by atoms with Crippen LogP contribution in [0.3, 0.4) is 0 Å². The summed E-state index contributed by atoms with van der Waals surface area (Å²) in [6.45, 7) is 5.68. The Morgan fingerprint density at radius 1 is 1.25 bits per heavy atom. The van der Waals surface area contributed by atoms with E-state index in [1.807, 2.05) is 37.4 Å². The Hall–Kier alpha value is -1.97. The molecule has 4 heteroatoms. The van der Waals surface area contributed by atoms with Crippen molar-refractivity contribution in [2.45, 2.75) is 33.2 Å². The summed E-state index contributed by atoms with van der Waals surface area (Å²) in [6.07, 6.45) is 3.36. The van der Waals surface area contributed by atoms with Gasteiger partial charge in [-0.2, -0.15) is 0 Å². The van der Waals surface area contributed by atoms with Crippen LogP contribution in [0.4, 0.5) is 0 Å². The number of aromatic nitrogens is 1. The first-order chi connectivity index (χ1) is 9.76. The molecule has 0 radical (unpaired) electrons. The van der Waals surface area contributed by atoms with Crippen LogP contribution in [0.15, 0.2) is 30.5 Å². The van der Waals surface area contributed by atoms with Gasteiger partial charge in [0.2, 0.25) is 0 Å². The van der Waals surface area contributed by atoms with Crippen LogP contribution in [0.1, 0.15) is 26.7 Å². The van der Waals surface area contributed by atoms with Gasteiger partial charge in [-0.25, -0.2) is 0 Å². The van der Waals surface area contributed by atoms with Gasteiger partial charge in [0, 0.05) is 18.1 Å². The molecule has 108 valence electrons. The highest BCUT2D eigenvalue weighted by atomic mass is 16.5. The van der Waals surface area contributed by atoms with E-state index in [9.17, 15) is 4.79 Å². The molecule has 0 unspecified atom stereocenters. The monoisotopic (exact) mass is 275 g/mol. The number of carbonyl (C=O) groups excluding carboxylic acids is 1. The van der Waals surface area contributed by atoms with Gasteiger partial charge in [-0.05, 0) is 31.5 Å². The molecule has 0 aliphatic rings. The Balaban J connectivity index is 2.13. The third kappa shape index (κ3) is 3.32. The molecule has 0 spiro atoms. The van der Waals surface area contributed by atoms with Gasteiger partial charge in [0.05, 0.1) is 25.2 Å². The minimum absolute atomic E-state index is 0.160. The smallest absolute Gasteiger partial charge is 0.307 e. The van der Waals surface area contributed by atoms with E-state index in [1.165, 1.54) is 0 Å². The van der Waals surface area contributed by atoms with Crippen molar-refractivity contribution < 1.29 is 14.3 Å². The first-order valence-electron chi connectivity index (χ1n) is 7.12. The number of hydrogen-bond donors (Lipinski definition) is 0. The molecule has 1 aromatic carbocycles. The molecule has 0 fully saturated rings. The second kappa shape index (κ2) is 6.98. The first-order valence-corrected chi connectivity index (χ1v) is 7.12. The molecule has 0 bridgehead atoms. The summed E-state index contributed by atoms with van der Waals surface area (Å²) in [4.78, 5) is 11.4. The summed E-state index contributed by atoms with van der Waals surface area (Å²) in [5.74, 6) is 0.743. The molecule has 0 aliphatic carbocycles. The van der Waals surface area contributed by atoms with Crippen LogP contribution in [0, 0.1) is 0 Å². The van der Waals surface area contributed by atoms with Crippen LogP contribution in [-0.2, 0) is 16.1 Å². The van der Waals surface area contributed by atoms with Crippen molar-refractivity contribution in [2.75, 3.05) is 13.2 Å². The van der Waals surface area contributed by atoms with E-state index in [4.69, 9.17) is 9.47 Å². The summed E-state index contributed by atoms with van der Waals surface area (Å²) in [6, 6.07) is 8.03. The average Bonchev–Trinajstić information content (AvgIpc) is 2.87. The maximum Gasteiger partial charge on any atom is 0.307 e. The largest absolute Gasteiger partial charge is 0.493 e. The normalized spacial score (nSPS) is 10.7. The fraction of sp³-hybridized carbons (Fsp3) is 0.438. The van der Waals surface area contributed by atoms with Crippen molar-refractivity contribution in [3.05, 3.63) is 30.5 Å². The zero-order chi connectivity index (χ0) is 14.4. The molecule has 0 saturated heterocycles.